The Morgan fingerprint density at radius 2 is 2.00 bits per heavy atom. The highest BCUT2D eigenvalue weighted by atomic mass is 32.1. The maximum Gasteiger partial charge on any atom is 0.315 e. The molecule has 2 atom stereocenters. The van der Waals surface area contributed by atoms with Crippen LogP contribution in [0.25, 0.3) is 0 Å². The Morgan fingerprint density at radius 1 is 1.22 bits per heavy atom. The van der Waals surface area contributed by atoms with Crippen molar-refractivity contribution in [3.05, 3.63) is 58.3 Å². The van der Waals surface area contributed by atoms with Gasteiger partial charge in [0.25, 0.3) is 0 Å². The number of nitrogens with one attached hydrogen (secondary N) is 2. The third-order valence-electron chi connectivity index (χ3n) is 3.84. The van der Waals surface area contributed by atoms with E-state index in [4.69, 9.17) is 5.11 Å². The van der Waals surface area contributed by atoms with Gasteiger partial charge in [-0.2, -0.15) is 11.3 Å². The zero-order chi connectivity index (χ0) is 16.5. The van der Waals surface area contributed by atoms with E-state index in [9.17, 15) is 4.79 Å². The molecule has 0 saturated heterocycles. The van der Waals surface area contributed by atoms with Gasteiger partial charge in [0.1, 0.15) is 0 Å². The van der Waals surface area contributed by atoms with Crippen molar-refractivity contribution >= 4 is 17.4 Å². The second-order valence-corrected chi connectivity index (χ2v) is 6.42. The molecule has 0 fully saturated rings. The molecule has 1 aromatic heterocycles. The lowest BCUT2D eigenvalue weighted by Gasteiger charge is -2.20. The molecule has 0 radical (unpaired) electrons. The smallest absolute Gasteiger partial charge is 0.315 e. The summed E-state index contributed by atoms with van der Waals surface area (Å²) in [5.74, 6) is 0.291. The molecule has 124 valence electrons. The summed E-state index contributed by atoms with van der Waals surface area (Å²) in [6.07, 6.45) is 1.37. The molecule has 0 aliphatic rings. The highest BCUT2D eigenvalue weighted by molar-refractivity contribution is 7.07. The van der Waals surface area contributed by atoms with E-state index in [1.165, 1.54) is 5.56 Å². The molecule has 0 aliphatic carbocycles. The van der Waals surface area contributed by atoms with Gasteiger partial charge in [-0.3, -0.25) is 0 Å². The summed E-state index contributed by atoms with van der Waals surface area (Å²) in [4.78, 5) is 12.2. The highest BCUT2D eigenvalue weighted by Gasteiger charge is 2.15. The Kier molecular flexibility index (Phi) is 7.10. The summed E-state index contributed by atoms with van der Waals surface area (Å²) in [7, 11) is 0. The first-order chi connectivity index (χ1) is 11.2. The molecule has 1 heterocycles. The third kappa shape index (κ3) is 5.69. The first-order valence-electron chi connectivity index (χ1n) is 7.93. The summed E-state index contributed by atoms with van der Waals surface area (Å²) >= 11 is 1.67. The van der Waals surface area contributed by atoms with Gasteiger partial charge < -0.3 is 15.7 Å². The monoisotopic (exact) mass is 332 g/mol. The normalized spacial score (nSPS) is 13.3. The van der Waals surface area contributed by atoms with Crippen LogP contribution in [-0.2, 0) is 0 Å². The Morgan fingerprint density at radius 3 is 2.65 bits per heavy atom. The molecule has 4 nitrogen and oxygen atoms in total. The van der Waals surface area contributed by atoms with Crippen molar-refractivity contribution in [1.82, 2.24) is 10.6 Å². The Labute approximate surface area is 141 Å². The van der Waals surface area contributed by atoms with Crippen LogP contribution in [0.4, 0.5) is 4.79 Å². The predicted octanol–water partition coefficient (Wildman–Crippen LogP) is 3.66. The van der Waals surface area contributed by atoms with Gasteiger partial charge in [0, 0.05) is 13.2 Å². The fourth-order valence-electron chi connectivity index (χ4n) is 2.43. The average Bonchev–Trinajstić information content (AvgIpc) is 3.12. The summed E-state index contributed by atoms with van der Waals surface area (Å²) in [5.41, 5.74) is 2.30. The number of carbonyl (C=O) groups is 1. The van der Waals surface area contributed by atoms with Gasteiger partial charge in [-0.25, -0.2) is 4.79 Å². The Bertz CT molecular complexity index is 572. The molecule has 5 heteroatoms. The van der Waals surface area contributed by atoms with Crippen LogP contribution in [0, 0.1) is 0 Å². The maximum absolute atomic E-state index is 12.2. The van der Waals surface area contributed by atoms with Gasteiger partial charge in [-0.1, -0.05) is 37.3 Å². The minimum absolute atomic E-state index is 0.0835. The largest absolute Gasteiger partial charge is 0.396 e. The van der Waals surface area contributed by atoms with Crippen LogP contribution in [0.3, 0.4) is 0 Å². The zero-order valence-corrected chi connectivity index (χ0v) is 14.2. The molecule has 2 aromatic rings. The van der Waals surface area contributed by atoms with Gasteiger partial charge in [-0.05, 0) is 46.7 Å². The van der Waals surface area contributed by atoms with E-state index in [2.05, 4.69) is 29.0 Å². The minimum Gasteiger partial charge on any atom is -0.396 e. The molecule has 2 amide bonds. The number of aliphatic hydroxyl groups excluding tert-OH is 1. The average molecular weight is 332 g/mol. The lowest BCUT2D eigenvalue weighted by molar-refractivity contribution is 0.232. The zero-order valence-electron chi connectivity index (χ0n) is 13.4. The van der Waals surface area contributed by atoms with Gasteiger partial charge in [0.05, 0.1) is 6.04 Å². The van der Waals surface area contributed by atoms with E-state index in [0.717, 1.165) is 5.56 Å². The van der Waals surface area contributed by atoms with Crippen LogP contribution in [0.1, 0.15) is 42.9 Å². The van der Waals surface area contributed by atoms with E-state index < -0.39 is 0 Å². The van der Waals surface area contributed by atoms with Gasteiger partial charge in [0.2, 0.25) is 0 Å². The van der Waals surface area contributed by atoms with E-state index >= 15 is 0 Å². The predicted molar refractivity (Wildman–Crippen MR) is 94.8 cm³/mol. The van der Waals surface area contributed by atoms with Crippen LogP contribution in [-0.4, -0.2) is 24.3 Å². The Balaban J connectivity index is 1.87. The molecule has 2 unspecified atom stereocenters. The van der Waals surface area contributed by atoms with Crippen molar-refractivity contribution in [3.63, 3.8) is 0 Å². The molecule has 2 rings (SSSR count). The minimum atomic E-state index is -0.168. The number of urea groups is 1. The number of carbonyl (C=O) groups excluding carboxylic acids is 1. The van der Waals surface area contributed by atoms with Crippen LogP contribution < -0.4 is 10.6 Å². The lowest BCUT2D eigenvalue weighted by Crippen LogP contribution is -2.39. The number of amides is 2. The fraction of sp³-hybridized carbons (Fsp3) is 0.389. The van der Waals surface area contributed by atoms with Crippen molar-refractivity contribution in [2.75, 3.05) is 13.2 Å². The second-order valence-electron chi connectivity index (χ2n) is 5.64. The summed E-state index contributed by atoms with van der Waals surface area (Å²) in [6, 6.07) is 11.7. The van der Waals surface area contributed by atoms with Gasteiger partial charge in [0.15, 0.2) is 0 Å². The molecule has 3 N–H and O–H groups in total. The Hall–Kier alpha value is -1.85. The van der Waals surface area contributed by atoms with Gasteiger partial charge in [-0.15, -0.1) is 0 Å². The molecule has 0 saturated carbocycles. The van der Waals surface area contributed by atoms with E-state index in [1.54, 1.807) is 11.3 Å². The molecule has 0 aliphatic heterocycles. The summed E-state index contributed by atoms with van der Waals surface area (Å²) in [5, 5.41) is 19.2. The van der Waals surface area contributed by atoms with Crippen molar-refractivity contribution in [1.29, 1.82) is 0 Å². The molecule has 0 bridgehead atoms. The van der Waals surface area contributed by atoms with Crippen molar-refractivity contribution in [2.24, 2.45) is 0 Å². The molecule has 1 aromatic carbocycles. The molecule has 23 heavy (non-hydrogen) atoms. The number of aliphatic hydroxyl groups is 1. The lowest BCUT2D eigenvalue weighted by atomic mass is 10.0. The number of rotatable bonds is 8. The quantitative estimate of drug-likeness (QED) is 0.691. The third-order valence-corrected chi connectivity index (χ3v) is 4.54. The van der Waals surface area contributed by atoms with Crippen molar-refractivity contribution in [2.45, 2.75) is 31.7 Å². The first kappa shape index (κ1) is 17.5. The van der Waals surface area contributed by atoms with E-state index in [1.807, 2.05) is 35.7 Å². The molecular weight excluding hydrogens is 308 g/mol. The highest BCUT2D eigenvalue weighted by Crippen LogP contribution is 2.19. The van der Waals surface area contributed by atoms with E-state index in [-0.39, 0.29) is 18.7 Å². The topological polar surface area (TPSA) is 61.4 Å². The van der Waals surface area contributed by atoms with Crippen LogP contribution in [0.5, 0.6) is 0 Å². The second kappa shape index (κ2) is 9.33. The number of hydrogen-bond donors (Lipinski definition) is 3. The first-order valence-corrected chi connectivity index (χ1v) is 8.87. The van der Waals surface area contributed by atoms with Gasteiger partial charge >= 0.3 is 6.03 Å². The van der Waals surface area contributed by atoms with Crippen LogP contribution in [0.15, 0.2) is 47.2 Å². The van der Waals surface area contributed by atoms with Crippen LogP contribution in [0.2, 0.25) is 0 Å². The van der Waals surface area contributed by atoms with Crippen molar-refractivity contribution < 1.29 is 9.90 Å². The SMILES string of the molecule is CC(CNC(=O)NC(CCCO)c1ccccc1)c1ccsc1. The standard InChI is InChI=1S/C18H24N2O2S/c1-14(16-9-11-23-13-16)12-19-18(22)20-17(8-5-10-21)15-6-3-2-4-7-15/h2-4,6-7,9,11,13-14,17,21H,5,8,10,12H2,1H3,(H2,19,20,22). The van der Waals surface area contributed by atoms with Crippen LogP contribution >= 0.6 is 11.3 Å². The fourth-order valence-corrected chi connectivity index (χ4v) is 3.21. The van der Waals surface area contributed by atoms with Crippen molar-refractivity contribution in [3.8, 4) is 0 Å². The molecular formula is C18H24N2O2S. The summed E-state index contributed by atoms with van der Waals surface area (Å²) < 4.78 is 0. The number of thiophene rings is 1. The summed E-state index contributed by atoms with van der Waals surface area (Å²) in [6.45, 7) is 2.83. The molecule has 0 spiro atoms. The number of hydrogen-bond acceptors (Lipinski definition) is 3. The van der Waals surface area contributed by atoms with E-state index in [0.29, 0.717) is 25.3 Å². The number of benzene rings is 1. The maximum atomic E-state index is 12.2.